The van der Waals surface area contributed by atoms with E-state index in [1.54, 1.807) is 25.1 Å². The molecule has 0 saturated carbocycles. The lowest BCUT2D eigenvalue weighted by molar-refractivity contribution is -0.125. The number of benzene rings is 2. The molecule has 1 heterocycles. The molecule has 2 amide bonds. The molecule has 1 aliphatic heterocycles. The highest BCUT2D eigenvalue weighted by Crippen LogP contribution is 2.34. The molecule has 2 aromatic carbocycles. The van der Waals surface area contributed by atoms with Crippen LogP contribution >= 0.6 is 11.6 Å². The van der Waals surface area contributed by atoms with Gasteiger partial charge in [-0.25, -0.2) is 4.79 Å². The second-order valence-electron chi connectivity index (χ2n) is 6.17. The van der Waals surface area contributed by atoms with E-state index in [1.165, 1.54) is 23.1 Å². The topological polar surface area (TPSA) is 95.9 Å². The van der Waals surface area contributed by atoms with Crippen LogP contribution in [0.4, 0.5) is 11.4 Å². The number of ether oxygens (including phenoxy) is 1. The maximum atomic E-state index is 12.7. The first kappa shape index (κ1) is 18.7. The van der Waals surface area contributed by atoms with Crippen molar-refractivity contribution in [2.24, 2.45) is 0 Å². The number of amides is 2. The second-order valence-corrected chi connectivity index (χ2v) is 6.58. The Balaban J connectivity index is 1.89. The van der Waals surface area contributed by atoms with E-state index >= 15 is 0 Å². The molecular formula is C19H17ClN2O5. The minimum atomic E-state index is -1.14. The lowest BCUT2D eigenvalue weighted by Gasteiger charge is -2.33. The molecule has 3 rings (SSSR count). The average molecular weight is 389 g/mol. The van der Waals surface area contributed by atoms with Crippen LogP contribution in [0.5, 0.6) is 5.75 Å². The highest BCUT2D eigenvalue weighted by molar-refractivity contribution is 6.31. The largest absolute Gasteiger partial charge is 0.482 e. The molecule has 27 heavy (non-hydrogen) atoms. The first-order chi connectivity index (χ1) is 12.8. The molecule has 0 saturated heterocycles. The number of carboxylic acid groups (broad SMARTS) is 1. The Hall–Kier alpha value is -3.06. The normalized spacial score (nSPS) is 14.2. The summed E-state index contributed by atoms with van der Waals surface area (Å²) >= 11 is 6.07. The Bertz CT molecular complexity index is 944. The monoisotopic (exact) mass is 388 g/mol. The zero-order chi connectivity index (χ0) is 19.7. The highest BCUT2D eigenvalue weighted by Gasteiger charge is 2.33. The lowest BCUT2D eigenvalue weighted by Crippen LogP contribution is -2.49. The fourth-order valence-corrected chi connectivity index (χ4v) is 2.94. The number of carbonyl (C=O) groups is 3. The number of fused-ring (bicyclic) bond motifs is 1. The molecule has 1 atom stereocenters. The summed E-state index contributed by atoms with van der Waals surface area (Å²) in [5.41, 5.74) is 1.62. The van der Waals surface area contributed by atoms with Crippen molar-refractivity contribution in [1.82, 2.24) is 0 Å². The molecule has 0 aromatic heterocycles. The Morgan fingerprint density at radius 2 is 2.00 bits per heavy atom. The Kier molecular flexibility index (Phi) is 5.05. The number of carbonyl (C=O) groups excluding carboxylic acids is 2. The third kappa shape index (κ3) is 3.73. The van der Waals surface area contributed by atoms with E-state index in [0.29, 0.717) is 16.5 Å². The van der Waals surface area contributed by atoms with Crippen molar-refractivity contribution >= 4 is 40.8 Å². The molecule has 1 unspecified atom stereocenters. The summed E-state index contributed by atoms with van der Waals surface area (Å²) in [5.74, 6) is -1.66. The predicted molar refractivity (Wildman–Crippen MR) is 101 cm³/mol. The van der Waals surface area contributed by atoms with Gasteiger partial charge in [0.2, 0.25) is 5.91 Å². The van der Waals surface area contributed by atoms with Gasteiger partial charge in [0.1, 0.15) is 11.8 Å². The van der Waals surface area contributed by atoms with Crippen molar-refractivity contribution in [3.63, 3.8) is 0 Å². The van der Waals surface area contributed by atoms with Crippen molar-refractivity contribution in [1.29, 1.82) is 0 Å². The number of aryl methyl sites for hydroxylation is 1. The van der Waals surface area contributed by atoms with Crippen LogP contribution in [0, 0.1) is 6.92 Å². The predicted octanol–water partition coefficient (Wildman–Crippen LogP) is 3.10. The Morgan fingerprint density at radius 1 is 1.26 bits per heavy atom. The summed E-state index contributed by atoms with van der Waals surface area (Å²) in [7, 11) is 0. The first-order valence-electron chi connectivity index (χ1n) is 8.17. The van der Waals surface area contributed by atoms with Crippen molar-refractivity contribution < 1.29 is 24.2 Å². The van der Waals surface area contributed by atoms with Gasteiger partial charge in [-0.1, -0.05) is 17.7 Å². The molecule has 0 spiro atoms. The molecule has 0 bridgehead atoms. The van der Waals surface area contributed by atoms with Crippen LogP contribution in [0.3, 0.4) is 0 Å². The minimum absolute atomic E-state index is 0.00465. The molecule has 2 N–H and O–H groups in total. The molecule has 7 nitrogen and oxygen atoms in total. The van der Waals surface area contributed by atoms with Crippen LogP contribution in [0.2, 0.25) is 5.02 Å². The van der Waals surface area contributed by atoms with Crippen LogP contribution in [0.1, 0.15) is 22.8 Å². The van der Waals surface area contributed by atoms with Gasteiger partial charge in [-0.05, 0) is 49.7 Å². The van der Waals surface area contributed by atoms with Gasteiger partial charge in [0.25, 0.3) is 5.91 Å². The van der Waals surface area contributed by atoms with Crippen LogP contribution in [0.15, 0.2) is 36.4 Å². The fourth-order valence-electron chi connectivity index (χ4n) is 2.76. The molecule has 0 radical (unpaired) electrons. The van der Waals surface area contributed by atoms with E-state index in [-0.39, 0.29) is 17.9 Å². The van der Waals surface area contributed by atoms with Crippen molar-refractivity contribution in [3.8, 4) is 5.75 Å². The summed E-state index contributed by atoms with van der Waals surface area (Å²) in [4.78, 5) is 37.6. The first-order valence-corrected chi connectivity index (χ1v) is 8.55. The van der Waals surface area contributed by atoms with Gasteiger partial charge in [0.05, 0.1) is 11.3 Å². The maximum Gasteiger partial charge on any atom is 0.335 e. The molecule has 1 aliphatic rings. The molecular weight excluding hydrogens is 372 g/mol. The van der Waals surface area contributed by atoms with E-state index in [0.717, 1.165) is 5.56 Å². The fraction of sp³-hybridized carbons (Fsp3) is 0.211. The smallest absolute Gasteiger partial charge is 0.335 e. The van der Waals surface area contributed by atoms with Crippen LogP contribution in [-0.4, -0.2) is 35.5 Å². The molecule has 0 aliphatic carbocycles. The Morgan fingerprint density at radius 3 is 2.67 bits per heavy atom. The summed E-state index contributed by atoms with van der Waals surface area (Å²) in [6, 6.07) is 8.40. The van der Waals surface area contributed by atoms with Gasteiger partial charge >= 0.3 is 5.97 Å². The number of nitrogens with one attached hydrogen (secondary N) is 1. The zero-order valence-electron chi connectivity index (χ0n) is 14.7. The number of hydrogen-bond donors (Lipinski definition) is 2. The number of carboxylic acids is 1. The van der Waals surface area contributed by atoms with Crippen molar-refractivity contribution in [2.75, 3.05) is 16.8 Å². The van der Waals surface area contributed by atoms with E-state index in [4.69, 9.17) is 16.3 Å². The number of anilines is 2. The van der Waals surface area contributed by atoms with Gasteiger partial charge in [0, 0.05) is 10.7 Å². The summed E-state index contributed by atoms with van der Waals surface area (Å²) in [6.07, 6.45) is 0. The minimum Gasteiger partial charge on any atom is -0.482 e. The maximum absolute atomic E-state index is 12.7. The molecule has 140 valence electrons. The number of hydrogen-bond acceptors (Lipinski definition) is 4. The number of aromatic carboxylic acids is 1. The summed E-state index contributed by atoms with van der Waals surface area (Å²) in [5, 5.41) is 12.4. The number of halogens is 1. The quantitative estimate of drug-likeness (QED) is 0.839. The standard InChI is InChI=1S/C19H17ClN2O5/c1-10-3-5-13(8-14(10)20)21-18(24)11(2)22-15-7-12(19(25)26)4-6-16(15)27-9-17(22)23/h3-8,11H,9H2,1-2H3,(H,21,24)(H,25,26). The zero-order valence-corrected chi connectivity index (χ0v) is 15.4. The molecule has 8 heteroatoms. The van der Waals surface area contributed by atoms with Gasteiger partial charge in [0.15, 0.2) is 6.61 Å². The van der Waals surface area contributed by atoms with Crippen LogP contribution < -0.4 is 15.0 Å². The third-order valence-corrected chi connectivity index (χ3v) is 4.70. The van der Waals surface area contributed by atoms with E-state index < -0.39 is 23.8 Å². The van der Waals surface area contributed by atoms with Gasteiger partial charge in [-0.3, -0.25) is 14.5 Å². The van der Waals surface area contributed by atoms with Crippen LogP contribution in [-0.2, 0) is 9.59 Å². The number of rotatable bonds is 4. The number of nitrogens with zero attached hydrogens (tertiary/aromatic N) is 1. The summed E-state index contributed by atoms with van der Waals surface area (Å²) < 4.78 is 5.34. The van der Waals surface area contributed by atoms with Crippen molar-refractivity contribution in [2.45, 2.75) is 19.9 Å². The van der Waals surface area contributed by atoms with Crippen LogP contribution in [0.25, 0.3) is 0 Å². The van der Waals surface area contributed by atoms with E-state index in [9.17, 15) is 19.5 Å². The highest BCUT2D eigenvalue weighted by atomic mass is 35.5. The average Bonchev–Trinajstić information content (AvgIpc) is 2.63. The third-order valence-electron chi connectivity index (χ3n) is 4.29. The van der Waals surface area contributed by atoms with Gasteiger partial charge in [-0.15, -0.1) is 0 Å². The second kappa shape index (κ2) is 7.28. The lowest BCUT2D eigenvalue weighted by atomic mass is 10.1. The van der Waals surface area contributed by atoms with Gasteiger partial charge < -0.3 is 15.2 Å². The van der Waals surface area contributed by atoms with Gasteiger partial charge in [-0.2, -0.15) is 0 Å². The molecule has 2 aromatic rings. The Labute approximate surface area is 160 Å². The SMILES string of the molecule is Cc1ccc(NC(=O)C(C)N2C(=O)COc3ccc(C(=O)O)cc32)cc1Cl. The van der Waals surface area contributed by atoms with E-state index in [2.05, 4.69) is 5.32 Å². The van der Waals surface area contributed by atoms with Crippen molar-refractivity contribution in [3.05, 3.63) is 52.5 Å². The van der Waals surface area contributed by atoms with E-state index in [1.807, 2.05) is 6.92 Å². The summed E-state index contributed by atoms with van der Waals surface area (Å²) in [6.45, 7) is 3.18. The molecule has 0 fully saturated rings.